The van der Waals surface area contributed by atoms with Gasteiger partial charge >= 0.3 is 6.03 Å². The van der Waals surface area contributed by atoms with Crippen LogP contribution in [0.2, 0.25) is 0 Å². The SMILES string of the molecule is COc1ccc([C@@H](C)NC(=O)Nc2nncs2)cc1OC. The molecular formula is C13H16N4O3S. The molecule has 2 aromatic rings. The number of nitrogens with one attached hydrogen (secondary N) is 2. The van der Waals surface area contributed by atoms with Crippen LogP contribution in [0.5, 0.6) is 11.5 Å². The molecule has 0 saturated carbocycles. The molecule has 2 amide bonds. The summed E-state index contributed by atoms with van der Waals surface area (Å²) in [6, 6.07) is 4.97. The van der Waals surface area contributed by atoms with Crippen molar-refractivity contribution < 1.29 is 14.3 Å². The summed E-state index contributed by atoms with van der Waals surface area (Å²) in [7, 11) is 3.15. The number of rotatable bonds is 5. The fourth-order valence-electron chi connectivity index (χ4n) is 1.76. The Balaban J connectivity index is 2.02. The van der Waals surface area contributed by atoms with E-state index in [1.165, 1.54) is 11.3 Å². The maximum Gasteiger partial charge on any atom is 0.321 e. The summed E-state index contributed by atoms with van der Waals surface area (Å²) in [5.74, 6) is 1.26. The van der Waals surface area contributed by atoms with E-state index in [0.29, 0.717) is 16.6 Å². The minimum absolute atomic E-state index is 0.197. The summed E-state index contributed by atoms with van der Waals surface area (Å²) in [5.41, 5.74) is 2.45. The van der Waals surface area contributed by atoms with Gasteiger partial charge in [0.15, 0.2) is 11.5 Å². The summed E-state index contributed by atoms with van der Waals surface area (Å²) >= 11 is 1.25. The maximum atomic E-state index is 11.8. The number of methoxy groups -OCH3 is 2. The van der Waals surface area contributed by atoms with Gasteiger partial charge in [0.25, 0.3) is 0 Å². The lowest BCUT2D eigenvalue weighted by Crippen LogP contribution is -2.31. The van der Waals surface area contributed by atoms with E-state index in [-0.39, 0.29) is 12.1 Å². The van der Waals surface area contributed by atoms with Crippen LogP contribution in [0.1, 0.15) is 18.5 Å². The van der Waals surface area contributed by atoms with Gasteiger partial charge in [0.2, 0.25) is 5.13 Å². The second-order valence-electron chi connectivity index (χ2n) is 4.18. The van der Waals surface area contributed by atoms with Crippen LogP contribution in [-0.4, -0.2) is 30.4 Å². The van der Waals surface area contributed by atoms with Crippen LogP contribution in [0.15, 0.2) is 23.7 Å². The lowest BCUT2D eigenvalue weighted by Gasteiger charge is -2.16. The first-order chi connectivity index (χ1) is 10.1. The molecule has 0 unspecified atom stereocenters. The molecule has 0 aliphatic rings. The normalized spacial score (nSPS) is 11.6. The molecule has 0 radical (unpaired) electrons. The smallest absolute Gasteiger partial charge is 0.321 e. The van der Waals surface area contributed by atoms with E-state index in [1.807, 2.05) is 19.1 Å². The van der Waals surface area contributed by atoms with Gasteiger partial charge < -0.3 is 14.8 Å². The van der Waals surface area contributed by atoms with Gasteiger partial charge in [0, 0.05) is 0 Å². The van der Waals surface area contributed by atoms with Crippen LogP contribution < -0.4 is 20.1 Å². The summed E-state index contributed by atoms with van der Waals surface area (Å²) in [5, 5.41) is 13.3. The van der Waals surface area contributed by atoms with Crippen LogP contribution in [0, 0.1) is 0 Å². The summed E-state index contributed by atoms with van der Waals surface area (Å²) in [4.78, 5) is 11.8. The molecule has 0 aliphatic carbocycles. The van der Waals surface area contributed by atoms with Crippen molar-refractivity contribution in [2.24, 2.45) is 0 Å². The molecule has 0 aliphatic heterocycles. The minimum Gasteiger partial charge on any atom is -0.493 e. The molecule has 0 fully saturated rings. The molecule has 1 aromatic heterocycles. The Bertz CT molecular complexity index is 603. The first-order valence-electron chi connectivity index (χ1n) is 6.19. The van der Waals surface area contributed by atoms with E-state index in [9.17, 15) is 4.79 Å². The number of nitrogens with zero attached hydrogens (tertiary/aromatic N) is 2. The van der Waals surface area contributed by atoms with Crippen molar-refractivity contribution in [1.82, 2.24) is 15.5 Å². The van der Waals surface area contributed by atoms with Crippen molar-refractivity contribution >= 4 is 22.5 Å². The highest BCUT2D eigenvalue weighted by atomic mass is 32.1. The van der Waals surface area contributed by atoms with Crippen molar-refractivity contribution in [2.45, 2.75) is 13.0 Å². The van der Waals surface area contributed by atoms with Crippen molar-refractivity contribution in [3.63, 3.8) is 0 Å². The first-order valence-corrected chi connectivity index (χ1v) is 7.07. The molecule has 1 heterocycles. The fourth-order valence-corrected chi connectivity index (χ4v) is 2.20. The quantitative estimate of drug-likeness (QED) is 0.886. The number of urea groups is 1. The molecule has 2 rings (SSSR count). The zero-order chi connectivity index (χ0) is 15.2. The summed E-state index contributed by atoms with van der Waals surface area (Å²) < 4.78 is 10.4. The maximum absolute atomic E-state index is 11.8. The third-order valence-electron chi connectivity index (χ3n) is 2.84. The number of hydrogen-bond acceptors (Lipinski definition) is 6. The van der Waals surface area contributed by atoms with Gasteiger partial charge in [-0.25, -0.2) is 4.79 Å². The Morgan fingerprint density at radius 1 is 1.29 bits per heavy atom. The van der Waals surface area contributed by atoms with Crippen LogP contribution >= 0.6 is 11.3 Å². The predicted octanol–water partition coefficient (Wildman–Crippen LogP) is 2.44. The molecule has 8 heteroatoms. The van der Waals surface area contributed by atoms with Gasteiger partial charge in [-0.05, 0) is 24.6 Å². The first kappa shape index (κ1) is 15.0. The van der Waals surface area contributed by atoms with Crippen molar-refractivity contribution in [1.29, 1.82) is 0 Å². The molecule has 0 saturated heterocycles. The molecule has 1 aromatic carbocycles. The number of anilines is 1. The van der Waals surface area contributed by atoms with Crippen LogP contribution in [0.25, 0.3) is 0 Å². The fraction of sp³-hybridized carbons (Fsp3) is 0.308. The molecule has 2 N–H and O–H groups in total. The Labute approximate surface area is 126 Å². The minimum atomic E-state index is -0.339. The van der Waals surface area contributed by atoms with E-state index < -0.39 is 0 Å². The molecule has 7 nitrogen and oxygen atoms in total. The van der Waals surface area contributed by atoms with Gasteiger partial charge in [0.05, 0.1) is 20.3 Å². The Kier molecular flexibility index (Phi) is 4.94. The lowest BCUT2D eigenvalue weighted by molar-refractivity contribution is 0.249. The number of benzene rings is 1. The van der Waals surface area contributed by atoms with Gasteiger partial charge in [-0.2, -0.15) is 0 Å². The highest BCUT2D eigenvalue weighted by molar-refractivity contribution is 7.13. The van der Waals surface area contributed by atoms with Crippen LogP contribution in [-0.2, 0) is 0 Å². The van der Waals surface area contributed by atoms with E-state index in [0.717, 1.165) is 5.56 Å². The molecule has 0 bridgehead atoms. The van der Waals surface area contributed by atoms with Gasteiger partial charge in [-0.3, -0.25) is 5.32 Å². The predicted molar refractivity (Wildman–Crippen MR) is 80.0 cm³/mol. The number of amides is 2. The monoisotopic (exact) mass is 308 g/mol. The topological polar surface area (TPSA) is 85.4 Å². The van der Waals surface area contributed by atoms with Crippen LogP contribution in [0.4, 0.5) is 9.93 Å². The number of carbonyl (C=O) groups is 1. The molecule has 21 heavy (non-hydrogen) atoms. The van der Waals surface area contributed by atoms with Crippen LogP contribution in [0.3, 0.4) is 0 Å². The highest BCUT2D eigenvalue weighted by Gasteiger charge is 2.13. The van der Waals surface area contributed by atoms with E-state index in [4.69, 9.17) is 9.47 Å². The zero-order valence-corrected chi connectivity index (χ0v) is 12.7. The Morgan fingerprint density at radius 2 is 2.05 bits per heavy atom. The second-order valence-corrected chi connectivity index (χ2v) is 5.01. The number of hydrogen-bond donors (Lipinski definition) is 2. The standard InChI is InChI=1S/C13H16N4O3S/c1-8(15-12(18)16-13-17-14-7-21-13)9-4-5-10(19-2)11(6-9)20-3/h4-8H,1-3H3,(H2,15,16,17,18)/t8-/m1/s1. The second kappa shape index (κ2) is 6.89. The van der Waals surface area contributed by atoms with E-state index >= 15 is 0 Å². The number of carbonyl (C=O) groups excluding carboxylic acids is 1. The third kappa shape index (κ3) is 3.82. The van der Waals surface area contributed by atoms with Gasteiger partial charge in [-0.15, -0.1) is 10.2 Å². The largest absolute Gasteiger partial charge is 0.493 e. The zero-order valence-electron chi connectivity index (χ0n) is 11.9. The highest BCUT2D eigenvalue weighted by Crippen LogP contribution is 2.29. The molecular weight excluding hydrogens is 292 g/mol. The average molecular weight is 308 g/mol. The Morgan fingerprint density at radius 3 is 2.67 bits per heavy atom. The number of ether oxygens (including phenoxy) is 2. The summed E-state index contributed by atoms with van der Waals surface area (Å²) in [6.45, 7) is 1.88. The Hall–Kier alpha value is -2.35. The average Bonchev–Trinajstić information content (AvgIpc) is 2.99. The van der Waals surface area contributed by atoms with Gasteiger partial charge in [0.1, 0.15) is 5.51 Å². The van der Waals surface area contributed by atoms with E-state index in [1.54, 1.807) is 25.8 Å². The lowest BCUT2D eigenvalue weighted by atomic mass is 10.1. The summed E-state index contributed by atoms with van der Waals surface area (Å²) in [6.07, 6.45) is 0. The third-order valence-corrected chi connectivity index (χ3v) is 3.44. The van der Waals surface area contributed by atoms with Crippen molar-refractivity contribution in [3.05, 3.63) is 29.3 Å². The molecule has 0 spiro atoms. The molecule has 112 valence electrons. The number of aromatic nitrogens is 2. The van der Waals surface area contributed by atoms with Crippen molar-refractivity contribution in [2.75, 3.05) is 19.5 Å². The van der Waals surface area contributed by atoms with Crippen molar-refractivity contribution in [3.8, 4) is 11.5 Å². The molecule has 1 atom stereocenters. The van der Waals surface area contributed by atoms with Gasteiger partial charge in [-0.1, -0.05) is 17.4 Å². The van der Waals surface area contributed by atoms with E-state index in [2.05, 4.69) is 20.8 Å².